The summed E-state index contributed by atoms with van der Waals surface area (Å²) in [6, 6.07) is 0. The predicted molar refractivity (Wildman–Crippen MR) is 68.8 cm³/mol. The first-order valence-electron chi connectivity index (χ1n) is 2.64. The van der Waals surface area contributed by atoms with Crippen LogP contribution in [-0.4, -0.2) is 16.9 Å². The zero-order chi connectivity index (χ0) is 9.62. The van der Waals surface area contributed by atoms with E-state index in [9.17, 15) is 0 Å². The Labute approximate surface area is 120 Å². The van der Waals surface area contributed by atoms with E-state index in [0.717, 1.165) is 0 Å². The number of hydrogen-bond acceptors (Lipinski definition) is 2. The maximum Gasteiger partial charge on any atom is 0.229 e. The molecule has 1 aliphatic rings. The third-order valence-electron chi connectivity index (χ3n) is 1.04. The summed E-state index contributed by atoms with van der Waals surface area (Å²) in [5.74, 6) is 0. The van der Waals surface area contributed by atoms with Crippen LogP contribution in [0, 0.1) is 0 Å². The van der Waals surface area contributed by atoms with Gasteiger partial charge in [-0.15, -0.1) is 0 Å². The quantitative estimate of drug-likeness (QED) is 0.410. The van der Waals surface area contributed by atoms with Crippen LogP contribution in [0.5, 0.6) is 0 Å². The molecule has 1 rings (SSSR count). The molecule has 1 aliphatic heterocycles. The van der Waals surface area contributed by atoms with Crippen LogP contribution in [0.4, 0.5) is 0 Å². The Morgan fingerprint density at radius 1 is 0.833 bits per heavy atom. The van der Waals surface area contributed by atoms with Gasteiger partial charge in [-0.3, -0.25) is 0 Å². The van der Waals surface area contributed by atoms with E-state index in [4.69, 9.17) is 9.47 Å². The summed E-state index contributed by atoms with van der Waals surface area (Å²) in [5.41, 5.74) is 0. The van der Waals surface area contributed by atoms with Crippen molar-refractivity contribution < 1.29 is 9.47 Å². The lowest BCUT2D eigenvalue weighted by atomic mass is 10.6. The third kappa shape index (κ3) is 2.90. The molecule has 12 heavy (non-hydrogen) atoms. The Hall–Kier alpha value is 2.80. The largest absolute Gasteiger partial charge is 0.345 e. The van der Waals surface area contributed by atoms with Crippen molar-refractivity contribution in [2.75, 3.05) is 6.61 Å². The minimum absolute atomic E-state index is 0.350. The number of rotatable bonds is 0. The second kappa shape index (κ2) is 3.99. The van der Waals surface area contributed by atoms with Crippen LogP contribution in [0.2, 0.25) is 0 Å². The number of halogens is 6. The molecule has 1 heterocycles. The van der Waals surface area contributed by atoms with E-state index in [-0.39, 0.29) is 0 Å². The van der Waals surface area contributed by atoms with Gasteiger partial charge in [0, 0.05) is 0 Å². The molecule has 2 nitrogen and oxygen atoms in total. The average Bonchev–Trinajstić information content (AvgIpc) is 1.79. The van der Waals surface area contributed by atoms with Crippen molar-refractivity contribution >= 4 is 95.6 Å². The van der Waals surface area contributed by atoms with Gasteiger partial charge in [0.25, 0.3) is 0 Å². The summed E-state index contributed by atoms with van der Waals surface area (Å²) in [7, 11) is 0. The first-order chi connectivity index (χ1) is 5.16. The molecule has 0 amide bonds. The standard InChI is InChI=1S/C4H2Br6O2/c5-2(6)1-11-3(7,8)4(9,10)12-2/h1H2. The van der Waals surface area contributed by atoms with Crippen LogP contribution in [-0.2, 0) is 9.47 Å². The molecule has 0 unspecified atom stereocenters. The fourth-order valence-corrected chi connectivity index (χ4v) is 3.29. The molecule has 0 N–H and O–H groups in total. The molecule has 0 bridgehead atoms. The molecular formula is C4H2Br6O2. The van der Waals surface area contributed by atoms with Gasteiger partial charge >= 0.3 is 0 Å². The normalized spacial score (nSPS) is 31.5. The van der Waals surface area contributed by atoms with Crippen LogP contribution in [0.15, 0.2) is 0 Å². The molecule has 1 fully saturated rings. The van der Waals surface area contributed by atoms with Gasteiger partial charge in [0.1, 0.15) is 0 Å². The maximum absolute atomic E-state index is 5.52. The highest BCUT2D eigenvalue weighted by Crippen LogP contribution is 2.57. The molecule has 0 radical (unpaired) electrons. The molecule has 1 saturated heterocycles. The Kier molecular flexibility index (Phi) is 4.28. The molecule has 72 valence electrons. The predicted octanol–water partition coefficient (Wildman–Crippen LogP) is 4.36. The number of ether oxygens (including phenoxy) is 2. The Morgan fingerprint density at radius 3 is 1.67 bits per heavy atom. The molecule has 0 saturated carbocycles. The second-order valence-corrected chi connectivity index (χ2v) is 12.3. The second-order valence-electron chi connectivity index (χ2n) is 2.06. The molecular weight excluding hydrogens is 559 g/mol. The zero-order valence-electron chi connectivity index (χ0n) is 5.29. The lowest BCUT2D eigenvalue weighted by Crippen LogP contribution is -2.51. The van der Waals surface area contributed by atoms with Crippen molar-refractivity contribution in [2.45, 2.75) is 10.3 Å². The summed E-state index contributed by atoms with van der Waals surface area (Å²) in [5, 5.41) is 0. The topological polar surface area (TPSA) is 18.5 Å². The highest BCUT2D eigenvalue weighted by atomic mass is 79.9. The minimum atomic E-state index is -0.849. The first-order valence-corrected chi connectivity index (χ1v) is 7.40. The molecule has 0 aromatic heterocycles. The molecule has 0 atom stereocenters. The lowest BCUT2D eigenvalue weighted by Gasteiger charge is -2.43. The Balaban J connectivity index is 2.82. The maximum atomic E-state index is 5.52. The number of hydrogen-bond donors (Lipinski definition) is 0. The SMILES string of the molecule is BrC1(Br)COC(Br)(Br)C(Br)(Br)O1. The summed E-state index contributed by atoms with van der Waals surface area (Å²) < 4.78 is 8.62. The van der Waals surface area contributed by atoms with Crippen molar-refractivity contribution in [2.24, 2.45) is 0 Å². The Morgan fingerprint density at radius 2 is 1.33 bits per heavy atom. The van der Waals surface area contributed by atoms with E-state index in [1.165, 1.54) is 0 Å². The zero-order valence-corrected chi connectivity index (χ0v) is 14.8. The smallest absolute Gasteiger partial charge is 0.229 e. The van der Waals surface area contributed by atoms with Crippen molar-refractivity contribution in [3.05, 3.63) is 0 Å². The van der Waals surface area contributed by atoms with E-state index >= 15 is 0 Å². The average molecular weight is 561 g/mol. The lowest BCUT2D eigenvalue weighted by molar-refractivity contribution is -0.108. The van der Waals surface area contributed by atoms with Crippen LogP contribution in [0.25, 0.3) is 0 Å². The monoisotopic (exact) mass is 556 g/mol. The van der Waals surface area contributed by atoms with Gasteiger partial charge in [-0.05, 0) is 95.6 Å². The molecule has 0 aromatic rings. The van der Waals surface area contributed by atoms with Gasteiger partial charge in [-0.2, -0.15) is 0 Å². The van der Waals surface area contributed by atoms with Crippen LogP contribution < -0.4 is 0 Å². The van der Waals surface area contributed by atoms with E-state index in [1.54, 1.807) is 0 Å². The van der Waals surface area contributed by atoms with Gasteiger partial charge in [0.2, 0.25) is 10.3 Å². The molecule has 0 aliphatic carbocycles. The van der Waals surface area contributed by atoms with Gasteiger partial charge in [-0.25, -0.2) is 0 Å². The van der Waals surface area contributed by atoms with Crippen LogP contribution >= 0.6 is 95.6 Å². The van der Waals surface area contributed by atoms with Crippen molar-refractivity contribution in [3.63, 3.8) is 0 Å². The van der Waals surface area contributed by atoms with Crippen molar-refractivity contribution in [1.29, 1.82) is 0 Å². The molecule has 0 spiro atoms. The minimum Gasteiger partial charge on any atom is -0.345 e. The highest BCUT2D eigenvalue weighted by molar-refractivity contribution is 9.30. The van der Waals surface area contributed by atoms with Gasteiger partial charge in [0.05, 0.1) is 6.61 Å². The fraction of sp³-hybridized carbons (Fsp3) is 1.00. The third-order valence-corrected chi connectivity index (χ3v) is 6.96. The summed E-state index contributed by atoms with van der Waals surface area (Å²) in [6.45, 7) is 0.350. The van der Waals surface area contributed by atoms with Gasteiger partial charge < -0.3 is 9.47 Å². The molecule has 8 heteroatoms. The van der Waals surface area contributed by atoms with Crippen LogP contribution in [0.3, 0.4) is 0 Å². The van der Waals surface area contributed by atoms with Crippen molar-refractivity contribution in [1.82, 2.24) is 0 Å². The molecule has 0 aromatic carbocycles. The van der Waals surface area contributed by atoms with Gasteiger partial charge in [-0.1, -0.05) is 0 Å². The van der Waals surface area contributed by atoms with E-state index in [0.29, 0.717) is 6.61 Å². The summed E-state index contributed by atoms with van der Waals surface area (Å²) in [6.07, 6.45) is 0. The first kappa shape index (κ1) is 12.9. The summed E-state index contributed by atoms with van der Waals surface area (Å²) in [4.78, 5) is 0. The van der Waals surface area contributed by atoms with E-state index in [2.05, 4.69) is 95.6 Å². The van der Waals surface area contributed by atoms with Crippen molar-refractivity contribution in [3.8, 4) is 0 Å². The highest BCUT2D eigenvalue weighted by Gasteiger charge is 2.56. The number of alkyl halides is 6. The fourth-order valence-electron chi connectivity index (χ4n) is 0.535. The summed E-state index contributed by atoms with van der Waals surface area (Å²) >= 11 is 19.8. The van der Waals surface area contributed by atoms with Crippen LogP contribution in [0.1, 0.15) is 0 Å². The van der Waals surface area contributed by atoms with E-state index in [1.807, 2.05) is 0 Å². The Bertz CT molecular complexity index is 190. The van der Waals surface area contributed by atoms with E-state index < -0.39 is 10.3 Å². The van der Waals surface area contributed by atoms with Gasteiger partial charge in [0.15, 0.2) is 0 Å².